The molecule has 9 heteroatoms. The van der Waals surface area contributed by atoms with Crippen molar-refractivity contribution in [2.24, 2.45) is 0 Å². The average Bonchev–Trinajstić information content (AvgIpc) is 2.80. The molecule has 4 rings (SSSR count). The Kier molecular flexibility index (Phi) is 6.21. The van der Waals surface area contributed by atoms with Gasteiger partial charge in [-0.05, 0) is 37.1 Å². The largest absolute Gasteiger partial charge is 0.496 e. The molecule has 1 aliphatic rings. The van der Waals surface area contributed by atoms with Gasteiger partial charge in [-0.25, -0.2) is 4.98 Å². The molecule has 0 spiro atoms. The van der Waals surface area contributed by atoms with Crippen molar-refractivity contribution >= 4 is 23.1 Å². The van der Waals surface area contributed by atoms with E-state index in [0.29, 0.717) is 34.9 Å². The normalized spacial score (nSPS) is 14.1. The lowest BCUT2D eigenvalue weighted by atomic mass is 9.96. The van der Waals surface area contributed by atoms with E-state index in [-0.39, 0.29) is 5.69 Å². The molecule has 0 bridgehead atoms. The van der Waals surface area contributed by atoms with Crippen molar-refractivity contribution in [2.75, 3.05) is 17.7 Å². The summed E-state index contributed by atoms with van der Waals surface area (Å²) in [5.74, 6) is 1.38. The molecule has 0 aliphatic heterocycles. The lowest BCUT2D eigenvalue weighted by Crippen LogP contribution is -2.23. The number of anilines is 3. The Labute approximate surface area is 180 Å². The second kappa shape index (κ2) is 9.38. The second-order valence-electron chi connectivity index (χ2n) is 7.44. The van der Waals surface area contributed by atoms with Crippen LogP contribution in [-0.4, -0.2) is 33.0 Å². The van der Waals surface area contributed by atoms with E-state index in [2.05, 4.69) is 25.6 Å². The molecule has 1 saturated carbocycles. The van der Waals surface area contributed by atoms with Crippen molar-refractivity contribution in [3.8, 4) is 17.0 Å². The van der Waals surface area contributed by atoms with Gasteiger partial charge in [0.15, 0.2) is 0 Å². The third-order valence-electron chi connectivity index (χ3n) is 5.30. The zero-order valence-electron chi connectivity index (χ0n) is 17.2. The van der Waals surface area contributed by atoms with E-state index in [0.717, 1.165) is 18.4 Å². The van der Waals surface area contributed by atoms with Crippen LogP contribution in [-0.2, 0) is 0 Å². The molecule has 9 nitrogen and oxygen atoms in total. The number of hydrogen-bond donors (Lipinski definition) is 2. The van der Waals surface area contributed by atoms with E-state index >= 15 is 0 Å². The molecular weight excluding hydrogens is 396 g/mol. The van der Waals surface area contributed by atoms with Crippen LogP contribution in [0.25, 0.3) is 11.3 Å². The van der Waals surface area contributed by atoms with E-state index in [1.54, 1.807) is 30.6 Å². The second-order valence-corrected chi connectivity index (χ2v) is 7.44. The number of hydrogen-bond acceptors (Lipinski definition) is 8. The van der Waals surface area contributed by atoms with Crippen LogP contribution in [0.4, 0.5) is 23.1 Å². The van der Waals surface area contributed by atoms with Gasteiger partial charge in [-0.1, -0.05) is 19.3 Å². The lowest BCUT2D eigenvalue weighted by Gasteiger charge is -2.23. The molecule has 2 aromatic heterocycles. The number of nitro benzene ring substituents is 1. The van der Waals surface area contributed by atoms with Gasteiger partial charge in [-0.3, -0.25) is 15.1 Å². The van der Waals surface area contributed by atoms with Gasteiger partial charge in [0, 0.05) is 30.1 Å². The fourth-order valence-corrected chi connectivity index (χ4v) is 3.71. The Bertz CT molecular complexity index is 1050. The van der Waals surface area contributed by atoms with Gasteiger partial charge in [0.2, 0.25) is 5.95 Å². The molecule has 0 unspecified atom stereocenters. The number of rotatable bonds is 7. The van der Waals surface area contributed by atoms with Crippen LogP contribution in [0.3, 0.4) is 0 Å². The number of nitrogens with zero attached hydrogens (tertiary/aromatic N) is 4. The summed E-state index contributed by atoms with van der Waals surface area (Å²) in [6.07, 6.45) is 9.19. The van der Waals surface area contributed by atoms with E-state index in [9.17, 15) is 10.1 Å². The predicted molar refractivity (Wildman–Crippen MR) is 119 cm³/mol. The summed E-state index contributed by atoms with van der Waals surface area (Å²) in [6.45, 7) is 0. The minimum atomic E-state index is -0.447. The highest BCUT2D eigenvalue weighted by Crippen LogP contribution is 2.32. The van der Waals surface area contributed by atoms with Crippen LogP contribution in [0.2, 0.25) is 0 Å². The Morgan fingerprint density at radius 1 is 1.06 bits per heavy atom. The summed E-state index contributed by atoms with van der Waals surface area (Å²) in [5, 5.41) is 18.1. The Morgan fingerprint density at radius 2 is 1.84 bits per heavy atom. The topological polar surface area (TPSA) is 115 Å². The molecule has 0 radical (unpaired) electrons. The first-order valence-electron chi connectivity index (χ1n) is 10.3. The van der Waals surface area contributed by atoms with Gasteiger partial charge in [0.25, 0.3) is 5.69 Å². The molecular formula is C22H24N6O3. The van der Waals surface area contributed by atoms with Crippen LogP contribution in [0, 0.1) is 10.1 Å². The van der Waals surface area contributed by atoms with Crippen LogP contribution < -0.4 is 15.4 Å². The van der Waals surface area contributed by atoms with E-state index in [1.165, 1.54) is 32.4 Å². The molecule has 1 aromatic carbocycles. The van der Waals surface area contributed by atoms with Crippen LogP contribution >= 0.6 is 0 Å². The SMILES string of the molecule is COc1ccc(Nc2cc(-c3ccncc3)nc(NC3CCCCC3)n2)c([N+](=O)[O-])c1. The van der Waals surface area contributed by atoms with Crippen LogP contribution in [0.5, 0.6) is 5.75 Å². The monoisotopic (exact) mass is 420 g/mol. The van der Waals surface area contributed by atoms with Crippen LogP contribution in [0.1, 0.15) is 32.1 Å². The smallest absolute Gasteiger partial charge is 0.296 e. The fraction of sp³-hybridized carbons (Fsp3) is 0.318. The minimum absolute atomic E-state index is 0.0924. The van der Waals surface area contributed by atoms with Crippen molar-refractivity contribution in [3.05, 3.63) is 58.9 Å². The van der Waals surface area contributed by atoms with Crippen LogP contribution in [0.15, 0.2) is 48.8 Å². The molecule has 0 saturated heterocycles. The fourth-order valence-electron chi connectivity index (χ4n) is 3.71. The maximum absolute atomic E-state index is 11.6. The first-order valence-corrected chi connectivity index (χ1v) is 10.3. The number of pyridine rings is 1. The van der Waals surface area contributed by atoms with E-state index in [4.69, 9.17) is 4.74 Å². The number of nitro groups is 1. The van der Waals surface area contributed by atoms with Gasteiger partial charge < -0.3 is 15.4 Å². The Morgan fingerprint density at radius 3 is 2.55 bits per heavy atom. The highest BCUT2D eigenvalue weighted by molar-refractivity contribution is 5.72. The molecule has 1 aliphatic carbocycles. The van der Waals surface area contributed by atoms with E-state index < -0.39 is 4.92 Å². The Balaban J connectivity index is 1.69. The van der Waals surface area contributed by atoms with Crippen molar-refractivity contribution in [2.45, 2.75) is 38.1 Å². The van der Waals surface area contributed by atoms with Crippen molar-refractivity contribution in [1.29, 1.82) is 0 Å². The van der Waals surface area contributed by atoms with Gasteiger partial charge in [0.05, 0.1) is 23.8 Å². The molecule has 160 valence electrons. The molecule has 1 fully saturated rings. The van der Waals surface area contributed by atoms with Crippen molar-refractivity contribution < 1.29 is 9.66 Å². The van der Waals surface area contributed by atoms with E-state index in [1.807, 2.05) is 12.1 Å². The number of methoxy groups -OCH3 is 1. The van der Waals surface area contributed by atoms with Gasteiger partial charge >= 0.3 is 0 Å². The van der Waals surface area contributed by atoms with Crippen molar-refractivity contribution in [3.63, 3.8) is 0 Å². The number of benzene rings is 1. The molecule has 3 aromatic rings. The van der Waals surface area contributed by atoms with Gasteiger partial charge in [-0.2, -0.15) is 4.98 Å². The summed E-state index contributed by atoms with van der Waals surface area (Å²) in [5.41, 5.74) is 1.82. The molecule has 31 heavy (non-hydrogen) atoms. The van der Waals surface area contributed by atoms with Gasteiger partial charge in [-0.15, -0.1) is 0 Å². The quantitative estimate of drug-likeness (QED) is 0.408. The van der Waals surface area contributed by atoms with Crippen molar-refractivity contribution in [1.82, 2.24) is 15.0 Å². The third-order valence-corrected chi connectivity index (χ3v) is 5.30. The maximum Gasteiger partial charge on any atom is 0.296 e. The van der Waals surface area contributed by atoms with Gasteiger partial charge in [0.1, 0.15) is 17.3 Å². The number of ether oxygens (including phenoxy) is 1. The summed E-state index contributed by atoms with van der Waals surface area (Å²) in [6, 6.07) is 10.5. The zero-order chi connectivity index (χ0) is 21.6. The first-order chi connectivity index (χ1) is 15.1. The molecule has 0 amide bonds. The summed E-state index contributed by atoms with van der Waals surface area (Å²) in [4.78, 5) is 24.4. The highest BCUT2D eigenvalue weighted by Gasteiger charge is 2.18. The highest BCUT2D eigenvalue weighted by atomic mass is 16.6. The molecule has 0 atom stereocenters. The maximum atomic E-state index is 11.6. The zero-order valence-corrected chi connectivity index (χ0v) is 17.2. The number of nitrogens with one attached hydrogen (secondary N) is 2. The summed E-state index contributed by atoms with van der Waals surface area (Å²) in [7, 11) is 1.47. The molecule has 2 heterocycles. The summed E-state index contributed by atoms with van der Waals surface area (Å²) >= 11 is 0. The number of aromatic nitrogens is 3. The predicted octanol–water partition coefficient (Wildman–Crippen LogP) is 4.94. The first kappa shape index (κ1) is 20.5. The lowest BCUT2D eigenvalue weighted by molar-refractivity contribution is -0.384. The Hall–Kier alpha value is -3.75. The average molecular weight is 420 g/mol. The standard InChI is InChI=1S/C22H24N6O3/c1-31-17-7-8-18(20(13-17)28(29)30)25-21-14-19(15-9-11-23-12-10-15)26-22(27-21)24-16-5-3-2-4-6-16/h7-14,16H,2-6H2,1H3,(H2,24,25,26,27). The minimum Gasteiger partial charge on any atom is -0.496 e. The third kappa shape index (κ3) is 5.06. The molecule has 2 N–H and O–H groups in total. The summed E-state index contributed by atoms with van der Waals surface area (Å²) < 4.78 is 5.12.